The summed E-state index contributed by atoms with van der Waals surface area (Å²) in [5, 5.41) is 11.3. The van der Waals surface area contributed by atoms with Gasteiger partial charge in [0.15, 0.2) is 0 Å². The minimum absolute atomic E-state index is 0.0230. The maximum absolute atomic E-state index is 14.0. The topological polar surface area (TPSA) is 133 Å². The van der Waals surface area contributed by atoms with E-state index in [1.807, 2.05) is 0 Å². The van der Waals surface area contributed by atoms with Gasteiger partial charge in [-0.2, -0.15) is 4.31 Å². The third-order valence-corrected chi connectivity index (χ3v) is 13.4. The van der Waals surface area contributed by atoms with Gasteiger partial charge in [0.25, 0.3) is 5.69 Å². The number of esters is 2. The second-order valence-corrected chi connectivity index (χ2v) is 18.3. The molecule has 0 aromatic heterocycles. The van der Waals surface area contributed by atoms with Crippen LogP contribution in [0.25, 0.3) is 0 Å². The average molecular weight is 837 g/mol. The van der Waals surface area contributed by atoms with Crippen LogP contribution in [0.1, 0.15) is 227 Å². The number of carbonyl (C=O) groups is 2. The molecule has 336 valence electrons. The van der Waals surface area contributed by atoms with Gasteiger partial charge in [-0.25, -0.2) is 8.42 Å². The number of ether oxygens (including phenoxy) is 2. The second-order valence-electron chi connectivity index (χ2n) is 16.4. The Kier molecular flexibility index (Phi) is 31.5. The van der Waals surface area contributed by atoms with Gasteiger partial charge in [-0.15, -0.1) is 0 Å². The van der Waals surface area contributed by atoms with Crippen LogP contribution in [0.4, 0.5) is 5.69 Å². The molecule has 58 heavy (non-hydrogen) atoms. The van der Waals surface area contributed by atoms with Gasteiger partial charge < -0.3 is 9.47 Å². The van der Waals surface area contributed by atoms with Crippen molar-refractivity contribution in [1.82, 2.24) is 4.31 Å². The summed E-state index contributed by atoms with van der Waals surface area (Å²) >= 11 is 0. The van der Waals surface area contributed by atoms with Gasteiger partial charge in [0, 0.05) is 37.6 Å². The Balaban J connectivity index is 3.03. The molecule has 0 aliphatic carbocycles. The summed E-state index contributed by atoms with van der Waals surface area (Å²) < 4.78 is 41.6. The SMILES string of the molecule is CCCCCCCC(CCCCCCC)OC(=O)CCCC(CCCC(=O)OC(CCCCCCC)CCCCCCC)N(CC)S(=O)(=O)c1ccc([N+](=O)[O-])cc1. The summed E-state index contributed by atoms with van der Waals surface area (Å²) in [5.41, 5.74) is -0.184. The molecule has 0 saturated carbocycles. The van der Waals surface area contributed by atoms with Crippen molar-refractivity contribution < 1.29 is 32.4 Å². The minimum Gasteiger partial charge on any atom is -0.462 e. The molecule has 0 atom stereocenters. The summed E-state index contributed by atoms with van der Waals surface area (Å²) in [6, 6.07) is 4.48. The summed E-state index contributed by atoms with van der Waals surface area (Å²) in [6.45, 7) is 10.8. The zero-order chi connectivity index (χ0) is 42.9. The monoisotopic (exact) mass is 837 g/mol. The van der Waals surface area contributed by atoms with E-state index in [2.05, 4.69) is 27.7 Å². The van der Waals surface area contributed by atoms with Gasteiger partial charge in [0.05, 0.1) is 9.82 Å². The van der Waals surface area contributed by atoms with Crippen molar-refractivity contribution in [2.45, 2.75) is 250 Å². The van der Waals surface area contributed by atoms with Crippen LogP contribution in [0.5, 0.6) is 0 Å². The fourth-order valence-electron chi connectivity index (χ4n) is 7.81. The van der Waals surface area contributed by atoms with E-state index >= 15 is 0 Å². The highest BCUT2D eigenvalue weighted by atomic mass is 32.2. The number of non-ortho nitro benzene ring substituents is 1. The molecule has 0 radical (unpaired) electrons. The Hall–Kier alpha value is -2.53. The third kappa shape index (κ3) is 24.5. The molecule has 1 aromatic rings. The third-order valence-electron chi connectivity index (χ3n) is 11.3. The van der Waals surface area contributed by atoms with E-state index in [4.69, 9.17) is 9.47 Å². The molecule has 0 aliphatic rings. The van der Waals surface area contributed by atoms with Crippen LogP contribution in [0.3, 0.4) is 0 Å². The number of unbranched alkanes of at least 4 members (excludes halogenated alkanes) is 16. The lowest BCUT2D eigenvalue weighted by Gasteiger charge is -2.30. The maximum Gasteiger partial charge on any atom is 0.306 e. The first-order valence-electron chi connectivity index (χ1n) is 23.7. The van der Waals surface area contributed by atoms with Crippen molar-refractivity contribution >= 4 is 27.6 Å². The van der Waals surface area contributed by atoms with Crippen LogP contribution in [0, 0.1) is 10.1 Å². The lowest BCUT2D eigenvalue weighted by molar-refractivity contribution is -0.384. The largest absolute Gasteiger partial charge is 0.462 e. The molecule has 0 fully saturated rings. The van der Waals surface area contributed by atoms with Gasteiger partial charge in [-0.1, -0.05) is 137 Å². The number of benzene rings is 1. The van der Waals surface area contributed by atoms with E-state index in [0.717, 1.165) is 77.0 Å². The first kappa shape index (κ1) is 53.5. The summed E-state index contributed by atoms with van der Waals surface area (Å²) in [7, 11) is -4.02. The fourth-order valence-corrected chi connectivity index (χ4v) is 9.51. The highest BCUT2D eigenvalue weighted by molar-refractivity contribution is 7.89. The second kappa shape index (κ2) is 34.2. The molecule has 0 heterocycles. The molecule has 10 nitrogen and oxygen atoms in total. The highest BCUT2D eigenvalue weighted by Gasteiger charge is 2.31. The van der Waals surface area contributed by atoms with Gasteiger partial charge in [0.1, 0.15) is 12.2 Å². The molecule has 0 bridgehead atoms. The Morgan fingerprint density at radius 2 is 0.897 bits per heavy atom. The van der Waals surface area contributed by atoms with E-state index in [1.165, 1.54) is 106 Å². The number of hydrogen-bond donors (Lipinski definition) is 0. The normalized spacial score (nSPS) is 11.9. The number of nitro groups is 1. The number of sulfonamides is 1. The van der Waals surface area contributed by atoms with Crippen molar-refractivity contribution in [2.75, 3.05) is 6.54 Å². The molecule has 0 saturated heterocycles. The molecular weight excluding hydrogens is 753 g/mol. The molecule has 0 amide bonds. The lowest BCUT2D eigenvalue weighted by atomic mass is 10.0. The van der Waals surface area contributed by atoms with Crippen molar-refractivity contribution in [1.29, 1.82) is 0 Å². The quantitative estimate of drug-likeness (QED) is 0.0277. The van der Waals surface area contributed by atoms with Crippen LogP contribution in [0.2, 0.25) is 0 Å². The molecule has 1 aromatic carbocycles. The Labute approximate surface area is 354 Å². The zero-order valence-corrected chi connectivity index (χ0v) is 38.3. The predicted molar refractivity (Wildman–Crippen MR) is 237 cm³/mol. The highest BCUT2D eigenvalue weighted by Crippen LogP contribution is 2.27. The summed E-state index contributed by atoms with van der Waals surface area (Å²) in [6.07, 6.45) is 28.5. The Bertz CT molecular complexity index is 1230. The molecule has 0 aliphatic heterocycles. The first-order chi connectivity index (χ1) is 28.0. The van der Waals surface area contributed by atoms with E-state index in [1.54, 1.807) is 6.92 Å². The van der Waals surface area contributed by atoms with E-state index in [0.29, 0.717) is 25.7 Å². The number of nitrogens with zero attached hydrogens (tertiary/aromatic N) is 2. The smallest absolute Gasteiger partial charge is 0.306 e. The molecule has 0 unspecified atom stereocenters. The maximum atomic E-state index is 14.0. The Morgan fingerprint density at radius 1 is 0.552 bits per heavy atom. The van der Waals surface area contributed by atoms with Crippen LogP contribution in [-0.2, 0) is 29.1 Å². The van der Waals surface area contributed by atoms with Crippen molar-refractivity contribution in [3.05, 3.63) is 34.4 Å². The van der Waals surface area contributed by atoms with Crippen molar-refractivity contribution in [2.24, 2.45) is 0 Å². The van der Waals surface area contributed by atoms with Crippen LogP contribution >= 0.6 is 0 Å². The van der Waals surface area contributed by atoms with Crippen LogP contribution < -0.4 is 0 Å². The van der Waals surface area contributed by atoms with Crippen LogP contribution in [-0.4, -0.2) is 54.4 Å². The van der Waals surface area contributed by atoms with Crippen molar-refractivity contribution in [3.8, 4) is 0 Å². The number of rotatable bonds is 39. The Morgan fingerprint density at radius 3 is 1.21 bits per heavy atom. The minimum atomic E-state index is -4.02. The standard InChI is InChI=1S/C47H84N2O8S/c1-6-11-15-19-23-31-43(32-24-20-16-12-7-2)56-46(50)35-27-29-41(48(10-5)58(54,55)45-39-37-42(38-40-45)49(52)53)30-28-36-47(51)57-44(33-25-21-17-13-8-3)34-26-22-18-14-9-4/h37-41,43-44H,6-36H2,1-5H3. The average Bonchev–Trinajstić information content (AvgIpc) is 3.20. The molecule has 1 rings (SSSR count). The van der Waals surface area contributed by atoms with E-state index < -0.39 is 21.0 Å². The first-order valence-corrected chi connectivity index (χ1v) is 25.1. The van der Waals surface area contributed by atoms with Gasteiger partial charge in [0.2, 0.25) is 10.0 Å². The predicted octanol–water partition coefficient (Wildman–Crippen LogP) is 13.6. The van der Waals surface area contributed by atoms with Gasteiger partial charge in [-0.3, -0.25) is 19.7 Å². The molecular formula is C47H84N2O8S. The fraction of sp³-hybridized carbons (Fsp3) is 0.830. The van der Waals surface area contributed by atoms with E-state index in [-0.39, 0.29) is 54.1 Å². The summed E-state index contributed by atoms with van der Waals surface area (Å²) in [4.78, 5) is 37.2. The summed E-state index contributed by atoms with van der Waals surface area (Å²) in [5.74, 6) is -0.489. The van der Waals surface area contributed by atoms with Gasteiger partial charge in [-0.05, 0) is 89.2 Å². The van der Waals surface area contributed by atoms with Crippen molar-refractivity contribution in [3.63, 3.8) is 0 Å². The molecule has 0 N–H and O–H groups in total. The number of nitro benzene ring substituents is 1. The molecule has 11 heteroatoms. The lowest BCUT2D eigenvalue weighted by Crippen LogP contribution is -2.40. The molecule has 0 spiro atoms. The van der Waals surface area contributed by atoms with E-state index in [9.17, 15) is 28.1 Å². The zero-order valence-electron chi connectivity index (χ0n) is 37.5. The number of carbonyl (C=O) groups excluding carboxylic acids is 2. The van der Waals surface area contributed by atoms with Gasteiger partial charge >= 0.3 is 11.9 Å². The van der Waals surface area contributed by atoms with Crippen LogP contribution in [0.15, 0.2) is 29.2 Å². The number of hydrogen-bond acceptors (Lipinski definition) is 8.